The molecule has 0 unspecified atom stereocenters. The quantitative estimate of drug-likeness (QED) is 0.843. The molecular weight excluding hydrogens is 296 g/mol. The van der Waals surface area contributed by atoms with E-state index in [4.69, 9.17) is 4.74 Å². The Bertz CT molecular complexity index is 526. The van der Waals surface area contributed by atoms with Gasteiger partial charge in [-0.15, -0.1) is 0 Å². The molecule has 2 rings (SSSR count). The number of benzene rings is 1. The first-order chi connectivity index (χ1) is 10.4. The number of amides is 1. The molecule has 0 fully saturated rings. The number of para-hydroxylation sites is 1. The molecule has 0 saturated carbocycles. The first kappa shape index (κ1) is 17.2. The minimum Gasteiger partial charge on any atom is -0.443 e. The number of nitrogens with one attached hydrogen (secondary N) is 1. The zero-order chi connectivity index (χ0) is 16.2. The van der Waals surface area contributed by atoms with E-state index in [2.05, 4.69) is 29.8 Å². The van der Waals surface area contributed by atoms with Crippen LogP contribution in [0.3, 0.4) is 0 Å². The molecule has 1 aromatic carbocycles. The van der Waals surface area contributed by atoms with Crippen LogP contribution in [0.2, 0.25) is 0 Å². The molecule has 1 aliphatic heterocycles. The highest BCUT2D eigenvalue weighted by Crippen LogP contribution is 2.33. The van der Waals surface area contributed by atoms with Crippen LogP contribution in [0.25, 0.3) is 0 Å². The topological polar surface area (TPSA) is 41.6 Å². The summed E-state index contributed by atoms with van der Waals surface area (Å²) in [6.07, 6.45) is 2.75. The lowest BCUT2D eigenvalue weighted by atomic mass is 10.1. The van der Waals surface area contributed by atoms with E-state index < -0.39 is 5.60 Å². The van der Waals surface area contributed by atoms with Crippen molar-refractivity contribution >= 4 is 23.5 Å². The third-order valence-corrected chi connectivity index (χ3v) is 4.10. The van der Waals surface area contributed by atoms with Crippen molar-refractivity contribution in [2.75, 3.05) is 30.0 Å². The predicted molar refractivity (Wildman–Crippen MR) is 93.8 cm³/mol. The SMILES string of the molecule is CSCCNCc1cccc2c1N(C(=O)OC(C)(C)C)CC2. The molecular formula is C17H26N2O2S. The van der Waals surface area contributed by atoms with E-state index in [1.54, 1.807) is 4.90 Å². The van der Waals surface area contributed by atoms with Gasteiger partial charge in [-0.1, -0.05) is 18.2 Å². The van der Waals surface area contributed by atoms with Crippen molar-refractivity contribution in [3.8, 4) is 0 Å². The number of thioether (sulfide) groups is 1. The molecule has 0 saturated heterocycles. The van der Waals surface area contributed by atoms with Crippen LogP contribution < -0.4 is 10.2 Å². The molecule has 0 bridgehead atoms. The second kappa shape index (κ2) is 7.38. The minimum atomic E-state index is -0.467. The monoisotopic (exact) mass is 322 g/mol. The van der Waals surface area contributed by atoms with Crippen molar-refractivity contribution in [2.24, 2.45) is 0 Å². The number of ether oxygens (including phenoxy) is 1. The molecule has 0 aliphatic carbocycles. The Balaban J connectivity index is 2.12. The average molecular weight is 322 g/mol. The number of carbonyl (C=O) groups excluding carboxylic acids is 1. The van der Waals surface area contributed by atoms with Gasteiger partial charge in [0.15, 0.2) is 0 Å². The zero-order valence-electron chi connectivity index (χ0n) is 13.9. The van der Waals surface area contributed by atoms with Gasteiger partial charge >= 0.3 is 6.09 Å². The Hall–Kier alpha value is -1.20. The van der Waals surface area contributed by atoms with Crippen LogP contribution in [0.4, 0.5) is 10.5 Å². The Morgan fingerprint density at radius 1 is 1.41 bits per heavy atom. The maximum atomic E-state index is 12.4. The normalized spacial score (nSPS) is 14.1. The van der Waals surface area contributed by atoms with Gasteiger partial charge in [-0.2, -0.15) is 11.8 Å². The molecule has 1 amide bonds. The third-order valence-electron chi connectivity index (χ3n) is 3.49. The minimum absolute atomic E-state index is 0.247. The summed E-state index contributed by atoms with van der Waals surface area (Å²) < 4.78 is 5.54. The van der Waals surface area contributed by atoms with Gasteiger partial charge in [-0.05, 0) is 44.6 Å². The highest BCUT2D eigenvalue weighted by atomic mass is 32.2. The summed E-state index contributed by atoms with van der Waals surface area (Å²) in [5, 5.41) is 3.44. The van der Waals surface area contributed by atoms with Gasteiger partial charge in [0.25, 0.3) is 0 Å². The molecule has 4 nitrogen and oxygen atoms in total. The first-order valence-electron chi connectivity index (χ1n) is 7.73. The fourth-order valence-electron chi connectivity index (χ4n) is 2.58. The van der Waals surface area contributed by atoms with Crippen molar-refractivity contribution in [1.29, 1.82) is 0 Å². The van der Waals surface area contributed by atoms with Gasteiger partial charge in [0.1, 0.15) is 5.60 Å². The standard InChI is InChI=1S/C17H26N2O2S/c1-17(2,3)21-16(20)19-10-8-13-6-5-7-14(15(13)19)12-18-9-11-22-4/h5-7,18H,8-12H2,1-4H3. The molecule has 0 radical (unpaired) electrons. The number of hydrogen-bond donors (Lipinski definition) is 1. The van der Waals surface area contributed by atoms with Crippen LogP contribution >= 0.6 is 11.8 Å². The number of carbonyl (C=O) groups is 1. The Morgan fingerprint density at radius 2 is 2.18 bits per heavy atom. The maximum absolute atomic E-state index is 12.4. The molecule has 22 heavy (non-hydrogen) atoms. The molecule has 1 aromatic rings. The fourth-order valence-corrected chi connectivity index (χ4v) is 2.93. The van der Waals surface area contributed by atoms with Gasteiger partial charge in [-0.25, -0.2) is 4.79 Å². The Kier molecular flexibility index (Phi) is 5.75. The van der Waals surface area contributed by atoms with Gasteiger partial charge in [-0.3, -0.25) is 4.90 Å². The van der Waals surface area contributed by atoms with Crippen LogP contribution in [0.15, 0.2) is 18.2 Å². The molecule has 5 heteroatoms. The van der Waals surface area contributed by atoms with Crippen LogP contribution in [0.1, 0.15) is 31.9 Å². The van der Waals surface area contributed by atoms with Gasteiger partial charge in [0.05, 0.1) is 5.69 Å². The predicted octanol–water partition coefficient (Wildman–Crippen LogP) is 3.44. The molecule has 0 aromatic heterocycles. The van der Waals surface area contributed by atoms with E-state index in [1.165, 1.54) is 11.1 Å². The summed E-state index contributed by atoms with van der Waals surface area (Å²) in [7, 11) is 0. The molecule has 0 atom stereocenters. The number of rotatable bonds is 5. The molecule has 122 valence electrons. The van der Waals surface area contributed by atoms with E-state index in [1.807, 2.05) is 32.5 Å². The number of hydrogen-bond acceptors (Lipinski definition) is 4. The third kappa shape index (κ3) is 4.40. The molecule has 1 aliphatic rings. The molecule has 1 N–H and O–H groups in total. The van der Waals surface area contributed by atoms with Crippen LogP contribution in [0.5, 0.6) is 0 Å². The van der Waals surface area contributed by atoms with E-state index in [0.29, 0.717) is 6.54 Å². The fraction of sp³-hybridized carbons (Fsp3) is 0.588. The summed E-state index contributed by atoms with van der Waals surface area (Å²) >= 11 is 1.83. The highest BCUT2D eigenvalue weighted by Gasteiger charge is 2.30. The van der Waals surface area contributed by atoms with Crippen LogP contribution in [-0.4, -0.2) is 36.8 Å². The highest BCUT2D eigenvalue weighted by molar-refractivity contribution is 7.98. The summed E-state index contributed by atoms with van der Waals surface area (Å²) in [6.45, 7) is 8.15. The van der Waals surface area contributed by atoms with Gasteiger partial charge < -0.3 is 10.1 Å². The van der Waals surface area contributed by atoms with Crippen molar-refractivity contribution in [1.82, 2.24) is 5.32 Å². The Morgan fingerprint density at radius 3 is 2.86 bits per heavy atom. The second-order valence-corrected chi connectivity index (χ2v) is 7.46. The summed E-state index contributed by atoms with van der Waals surface area (Å²) in [5.74, 6) is 1.09. The van der Waals surface area contributed by atoms with Crippen molar-refractivity contribution in [3.05, 3.63) is 29.3 Å². The summed E-state index contributed by atoms with van der Waals surface area (Å²) in [5.41, 5.74) is 2.97. The van der Waals surface area contributed by atoms with Crippen LogP contribution in [0, 0.1) is 0 Å². The lowest BCUT2D eigenvalue weighted by Crippen LogP contribution is -2.36. The van der Waals surface area contributed by atoms with E-state index in [9.17, 15) is 4.79 Å². The number of nitrogens with zero attached hydrogens (tertiary/aromatic N) is 1. The van der Waals surface area contributed by atoms with E-state index in [0.717, 1.165) is 31.0 Å². The lowest BCUT2D eigenvalue weighted by molar-refractivity contribution is 0.0583. The molecule has 0 spiro atoms. The zero-order valence-corrected chi connectivity index (χ0v) is 14.8. The van der Waals surface area contributed by atoms with E-state index >= 15 is 0 Å². The van der Waals surface area contributed by atoms with Crippen molar-refractivity contribution < 1.29 is 9.53 Å². The van der Waals surface area contributed by atoms with Crippen molar-refractivity contribution in [3.63, 3.8) is 0 Å². The Labute approximate surface area is 137 Å². The van der Waals surface area contributed by atoms with E-state index in [-0.39, 0.29) is 6.09 Å². The van der Waals surface area contributed by atoms with Crippen LogP contribution in [-0.2, 0) is 17.7 Å². The average Bonchev–Trinajstić information content (AvgIpc) is 2.86. The largest absolute Gasteiger partial charge is 0.443 e. The summed E-state index contributed by atoms with van der Waals surface area (Å²) in [6, 6.07) is 6.27. The summed E-state index contributed by atoms with van der Waals surface area (Å²) in [4.78, 5) is 14.2. The van der Waals surface area contributed by atoms with Crippen molar-refractivity contribution in [2.45, 2.75) is 39.3 Å². The maximum Gasteiger partial charge on any atom is 0.414 e. The lowest BCUT2D eigenvalue weighted by Gasteiger charge is -2.26. The first-order valence-corrected chi connectivity index (χ1v) is 9.12. The number of anilines is 1. The molecule has 1 heterocycles. The number of fused-ring (bicyclic) bond motifs is 1. The smallest absolute Gasteiger partial charge is 0.414 e. The van der Waals surface area contributed by atoms with Gasteiger partial charge in [0, 0.05) is 25.4 Å². The second-order valence-electron chi connectivity index (χ2n) is 6.48. The van der Waals surface area contributed by atoms with Gasteiger partial charge in [0.2, 0.25) is 0 Å².